The Balaban J connectivity index is 3.54. The van der Waals surface area contributed by atoms with Crippen LogP contribution in [0.3, 0.4) is 0 Å². The molecule has 0 saturated carbocycles. The second kappa shape index (κ2) is 9.13. The predicted molar refractivity (Wildman–Crippen MR) is 64.1 cm³/mol. The minimum Gasteiger partial charge on any atom is -0.389 e. The fourth-order valence-corrected chi connectivity index (χ4v) is 1.46. The lowest BCUT2D eigenvalue weighted by atomic mass is 10.1. The fourth-order valence-electron chi connectivity index (χ4n) is 1.46. The van der Waals surface area contributed by atoms with E-state index in [2.05, 4.69) is 19.2 Å². The largest absolute Gasteiger partial charge is 0.389 e. The van der Waals surface area contributed by atoms with Crippen molar-refractivity contribution < 1.29 is 9.84 Å². The van der Waals surface area contributed by atoms with Crippen molar-refractivity contribution in [2.45, 2.75) is 65.2 Å². The molecule has 0 rings (SSSR count). The van der Waals surface area contributed by atoms with Crippen LogP contribution in [0.25, 0.3) is 0 Å². The van der Waals surface area contributed by atoms with E-state index in [1.807, 2.05) is 13.8 Å². The second-order valence-corrected chi connectivity index (χ2v) is 4.34. The number of rotatable bonds is 9. The van der Waals surface area contributed by atoms with Crippen molar-refractivity contribution in [3.8, 4) is 0 Å². The first-order chi connectivity index (χ1) is 7.10. The van der Waals surface area contributed by atoms with Gasteiger partial charge in [0.2, 0.25) is 0 Å². The Morgan fingerprint density at radius 2 is 1.93 bits per heavy atom. The Kier molecular flexibility index (Phi) is 9.06. The molecule has 2 atom stereocenters. The molecule has 0 radical (unpaired) electrons. The standard InChI is InChI=1S/C12H27NO2/c1-5-7-11(6-2)13-8-12(14)9-15-10(3)4/h10-14H,5-9H2,1-4H3. The number of aliphatic hydroxyl groups excluding tert-OH is 1. The van der Waals surface area contributed by atoms with Crippen molar-refractivity contribution in [1.29, 1.82) is 0 Å². The van der Waals surface area contributed by atoms with Crippen molar-refractivity contribution in [3.63, 3.8) is 0 Å². The average molecular weight is 217 g/mol. The average Bonchev–Trinajstić information content (AvgIpc) is 2.21. The lowest BCUT2D eigenvalue weighted by molar-refractivity contribution is 0.00531. The predicted octanol–water partition coefficient (Wildman–Crippen LogP) is 1.94. The van der Waals surface area contributed by atoms with Gasteiger partial charge in [-0.25, -0.2) is 0 Å². The summed E-state index contributed by atoms with van der Waals surface area (Å²) in [5.74, 6) is 0. The topological polar surface area (TPSA) is 41.5 Å². The van der Waals surface area contributed by atoms with Crippen molar-refractivity contribution in [3.05, 3.63) is 0 Å². The summed E-state index contributed by atoms with van der Waals surface area (Å²) in [6.45, 7) is 9.36. The molecule has 0 aromatic carbocycles. The molecule has 0 heterocycles. The van der Waals surface area contributed by atoms with Crippen LogP contribution in [-0.2, 0) is 4.74 Å². The van der Waals surface area contributed by atoms with Gasteiger partial charge in [-0.2, -0.15) is 0 Å². The molecule has 3 heteroatoms. The van der Waals surface area contributed by atoms with Gasteiger partial charge in [0.1, 0.15) is 0 Å². The van der Waals surface area contributed by atoms with E-state index in [1.54, 1.807) is 0 Å². The van der Waals surface area contributed by atoms with Crippen LogP contribution < -0.4 is 5.32 Å². The first-order valence-corrected chi connectivity index (χ1v) is 6.13. The van der Waals surface area contributed by atoms with Crippen molar-refractivity contribution >= 4 is 0 Å². The summed E-state index contributed by atoms with van der Waals surface area (Å²) < 4.78 is 5.34. The molecule has 0 amide bonds. The molecular formula is C12H27NO2. The molecule has 0 fully saturated rings. The van der Waals surface area contributed by atoms with E-state index in [0.717, 1.165) is 6.42 Å². The highest BCUT2D eigenvalue weighted by molar-refractivity contribution is 4.67. The Labute approximate surface area is 94.2 Å². The summed E-state index contributed by atoms with van der Waals surface area (Å²) in [6, 6.07) is 0.531. The van der Waals surface area contributed by atoms with Crippen LogP contribution >= 0.6 is 0 Å². The molecule has 0 aliphatic heterocycles. The zero-order valence-corrected chi connectivity index (χ0v) is 10.6. The molecule has 0 aliphatic carbocycles. The van der Waals surface area contributed by atoms with Gasteiger partial charge in [0.05, 0.1) is 18.8 Å². The lowest BCUT2D eigenvalue weighted by Crippen LogP contribution is -2.37. The minimum absolute atomic E-state index is 0.192. The number of nitrogens with one attached hydrogen (secondary N) is 1. The van der Waals surface area contributed by atoms with Crippen molar-refractivity contribution in [2.75, 3.05) is 13.2 Å². The van der Waals surface area contributed by atoms with Crippen molar-refractivity contribution in [2.24, 2.45) is 0 Å². The molecule has 3 nitrogen and oxygen atoms in total. The Morgan fingerprint density at radius 3 is 2.40 bits per heavy atom. The molecule has 2 unspecified atom stereocenters. The number of hydrogen-bond acceptors (Lipinski definition) is 3. The van der Waals surface area contributed by atoms with Gasteiger partial charge in [-0.1, -0.05) is 20.3 Å². The smallest absolute Gasteiger partial charge is 0.0897 e. The maximum Gasteiger partial charge on any atom is 0.0897 e. The normalized spacial score (nSPS) is 15.6. The van der Waals surface area contributed by atoms with Gasteiger partial charge in [0.15, 0.2) is 0 Å². The molecule has 92 valence electrons. The van der Waals surface area contributed by atoms with Crippen molar-refractivity contribution in [1.82, 2.24) is 5.32 Å². The van der Waals surface area contributed by atoms with E-state index in [9.17, 15) is 5.11 Å². The highest BCUT2D eigenvalue weighted by Gasteiger charge is 2.09. The number of ether oxygens (including phenoxy) is 1. The molecule has 2 N–H and O–H groups in total. The van der Waals surface area contributed by atoms with Crippen LogP contribution in [-0.4, -0.2) is 36.5 Å². The summed E-state index contributed by atoms with van der Waals surface area (Å²) in [6.07, 6.45) is 3.28. The van der Waals surface area contributed by atoms with Crippen LogP contribution in [0, 0.1) is 0 Å². The van der Waals surface area contributed by atoms with E-state index < -0.39 is 6.10 Å². The third-order valence-corrected chi connectivity index (χ3v) is 2.39. The van der Waals surface area contributed by atoms with E-state index in [1.165, 1.54) is 12.8 Å². The molecule has 0 aromatic rings. The first kappa shape index (κ1) is 14.9. The van der Waals surface area contributed by atoms with Crippen LogP contribution in [0.15, 0.2) is 0 Å². The van der Waals surface area contributed by atoms with Gasteiger partial charge in [-0.05, 0) is 26.7 Å². The third kappa shape index (κ3) is 8.85. The molecule has 0 aliphatic rings. The van der Waals surface area contributed by atoms with Gasteiger partial charge >= 0.3 is 0 Å². The summed E-state index contributed by atoms with van der Waals surface area (Å²) in [7, 11) is 0. The van der Waals surface area contributed by atoms with Gasteiger partial charge in [0.25, 0.3) is 0 Å². The lowest BCUT2D eigenvalue weighted by Gasteiger charge is -2.19. The van der Waals surface area contributed by atoms with Crippen LogP contribution in [0.2, 0.25) is 0 Å². The van der Waals surface area contributed by atoms with E-state index >= 15 is 0 Å². The molecule has 0 bridgehead atoms. The van der Waals surface area contributed by atoms with Gasteiger partial charge < -0.3 is 15.2 Å². The monoisotopic (exact) mass is 217 g/mol. The number of aliphatic hydroxyl groups is 1. The van der Waals surface area contributed by atoms with Gasteiger partial charge in [0, 0.05) is 12.6 Å². The Bertz CT molecular complexity index is 140. The molecule has 0 saturated heterocycles. The highest BCUT2D eigenvalue weighted by Crippen LogP contribution is 2.01. The van der Waals surface area contributed by atoms with E-state index in [-0.39, 0.29) is 6.10 Å². The molecule has 0 aromatic heterocycles. The van der Waals surface area contributed by atoms with Gasteiger partial charge in [-0.3, -0.25) is 0 Å². The van der Waals surface area contributed by atoms with E-state index in [0.29, 0.717) is 19.2 Å². The maximum absolute atomic E-state index is 9.62. The Morgan fingerprint density at radius 1 is 1.27 bits per heavy atom. The summed E-state index contributed by atoms with van der Waals surface area (Å²) in [5, 5.41) is 13.0. The fraction of sp³-hybridized carbons (Fsp3) is 1.00. The number of hydrogen-bond donors (Lipinski definition) is 2. The van der Waals surface area contributed by atoms with Crippen LogP contribution in [0.5, 0.6) is 0 Å². The zero-order chi connectivity index (χ0) is 11.7. The molecule has 15 heavy (non-hydrogen) atoms. The van der Waals surface area contributed by atoms with E-state index in [4.69, 9.17) is 4.74 Å². The summed E-state index contributed by atoms with van der Waals surface area (Å²) >= 11 is 0. The third-order valence-electron chi connectivity index (χ3n) is 2.39. The highest BCUT2D eigenvalue weighted by atomic mass is 16.5. The summed E-state index contributed by atoms with van der Waals surface area (Å²) in [5.41, 5.74) is 0. The van der Waals surface area contributed by atoms with Crippen LogP contribution in [0.4, 0.5) is 0 Å². The second-order valence-electron chi connectivity index (χ2n) is 4.34. The SMILES string of the molecule is CCCC(CC)NCC(O)COC(C)C. The van der Waals surface area contributed by atoms with Crippen LogP contribution in [0.1, 0.15) is 47.0 Å². The minimum atomic E-state index is -0.390. The van der Waals surface area contributed by atoms with Gasteiger partial charge in [-0.15, -0.1) is 0 Å². The quantitative estimate of drug-likeness (QED) is 0.620. The molecular weight excluding hydrogens is 190 g/mol. The maximum atomic E-state index is 9.62. The summed E-state index contributed by atoms with van der Waals surface area (Å²) in [4.78, 5) is 0. The first-order valence-electron chi connectivity index (χ1n) is 6.13. The molecule has 0 spiro atoms. The zero-order valence-electron chi connectivity index (χ0n) is 10.6. The Hall–Kier alpha value is -0.120.